The third-order valence-corrected chi connectivity index (χ3v) is 3.01. The Morgan fingerprint density at radius 1 is 1.59 bits per heavy atom. The second kappa shape index (κ2) is 6.00. The molecule has 0 radical (unpaired) electrons. The van der Waals surface area contributed by atoms with Gasteiger partial charge in [0.1, 0.15) is 0 Å². The minimum atomic E-state index is -0.935. The molecule has 2 unspecified atom stereocenters. The van der Waals surface area contributed by atoms with Gasteiger partial charge in [0.25, 0.3) is 0 Å². The number of carboxylic acids is 1. The minimum Gasteiger partial charge on any atom is -0.481 e. The molecular weight excluding hydrogens is 220 g/mol. The van der Waals surface area contributed by atoms with Crippen LogP contribution in [0.1, 0.15) is 33.6 Å². The molecule has 5 nitrogen and oxygen atoms in total. The van der Waals surface area contributed by atoms with Crippen LogP contribution in [0.15, 0.2) is 0 Å². The highest BCUT2D eigenvalue weighted by Gasteiger charge is 2.31. The predicted octanol–water partition coefficient (Wildman–Crippen LogP) is 0.696. The van der Waals surface area contributed by atoms with Crippen LogP contribution < -0.4 is 5.32 Å². The molecule has 1 fully saturated rings. The van der Waals surface area contributed by atoms with Crippen LogP contribution in [-0.2, 0) is 9.59 Å². The summed E-state index contributed by atoms with van der Waals surface area (Å²) in [5, 5.41) is 11.8. The maximum Gasteiger partial charge on any atom is 0.305 e. The van der Waals surface area contributed by atoms with Crippen molar-refractivity contribution in [3.8, 4) is 0 Å². The second-order valence-electron chi connectivity index (χ2n) is 5.13. The van der Waals surface area contributed by atoms with Crippen molar-refractivity contribution in [1.82, 2.24) is 10.2 Å². The summed E-state index contributed by atoms with van der Waals surface area (Å²) in [4.78, 5) is 24.8. The first-order valence-electron chi connectivity index (χ1n) is 6.17. The zero-order valence-corrected chi connectivity index (χ0v) is 10.8. The molecule has 2 N–H and O–H groups in total. The molecule has 1 amide bonds. The molecule has 0 bridgehead atoms. The van der Waals surface area contributed by atoms with Crippen molar-refractivity contribution in [1.29, 1.82) is 0 Å². The van der Waals surface area contributed by atoms with Crippen LogP contribution in [0.5, 0.6) is 0 Å². The van der Waals surface area contributed by atoms with Gasteiger partial charge >= 0.3 is 5.97 Å². The van der Waals surface area contributed by atoms with Gasteiger partial charge in [-0.1, -0.05) is 13.8 Å². The first-order valence-corrected chi connectivity index (χ1v) is 6.17. The minimum absolute atomic E-state index is 0.0777. The van der Waals surface area contributed by atoms with E-state index in [1.165, 1.54) is 0 Å². The number of aliphatic carboxylic acids is 1. The zero-order valence-electron chi connectivity index (χ0n) is 10.8. The van der Waals surface area contributed by atoms with E-state index < -0.39 is 12.0 Å². The standard InChI is InChI=1S/C12H22N2O3/c1-8(2)7-14-9(3)4-5-13-10(12(14)17)6-11(15)16/h8-10,13H,4-7H2,1-3H3,(H,15,16). The molecule has 2 atom stereocenters. The lowest BCUT2D eigenvalue weighted by molar-refractivity contribution is -0.143. The second-order valence-corrected chi connectivity index (χ2v) is 5.13. The highest BCUT2D eigenvalue weighted by Crippen LogP contribution is 2.14. The molecular formula is C12H22N2O3. The van der Waals surface area contributed by atoms with Gasteiger partial charge in [0.05, 0.1) is 12.5 Å². The number of rotatable bonds is 4. The van der Waals surface area contributed by atoms with Crippen LogP contribution in [0.25, 0.3) is 0 Å². The highest BCUT2D eigenvalue weighted by molar-refractivity contribution is 5.86. The molecule has 0 aromatic rings. The van der Waals surface area contributed by atoms with Crippen LogP contribution in [0.3, 0.4) is 0 Å². The largest absolute Gasteiger partial charge is 0.481 e. The number of hydrogen-bond acceptors (Lipinski definition) is 3. The van der Waals surface area contributed by atoms with Gasteiger partial charge in [0.15, 0.2) is 0 Å². The number of carbonyl (C=O) groups excluding carboxylic acids is 1. The van der Waals surface area contributed by atoms with Crippen molar-refractivity contribution in [3.05, 3.63) is 0 Å². The summed E-state index contributed by atoms with van der Waals surface area (Å²) in [6, 6.07) is -0.396. The van der Waals surface area contributed by atoms with Crippen LogP contribution in [0.4, 0.5) is 0 Å². The average Bonchev–Trinajstić information content (AvgIpc) is 2.32. The first-order chi connectivity index (χ1) is 7.91. The highest BCUT2D eigenvalue weighted by atomic mass is 16.4. The number of nitrogens with one attached hydrogen (secondary N) is 1. The van der Waals surface area contributed by atoms with Gasteiger partial charge in [-0.05, 0) is 25.8 Å². The fraction of sp³-hybridized carbons (Fsp3) is 0.833. The molecule has 5 heteroatoms. The molecule has 1 saturated heterocycles. The van der Waals surface area contributed by atoms with Gasteiger partial charge in [0, 0.05) is 12.6 Å². The van der Waals surface area contributed by atoms with Crippen LogP contribution in [0, 0.1) is 5.92 Å². The quantitative estimate of drug-likeness (QED) is 0.761. The summed E-state index contributed by atoms with van der Waals surface area (Å²) in [5.41, 5.74) is 0. The molecule has 0 saturated carbocycles. The molecule has 1 aliphatic heterocycles. The number of nitrogens with zero attached hydrogens (tertiary/aromatic N) is 1. The van der Waals surface area contributed by atoms with Crippen molar-refractivity contribution in [2.75, 3.05) is 13.1 Å². The van der Waals surface area contributed by atoms with Crippen molar-refractivity contribution in [2.45, 2.75) is 45.7 Å². The molecule has 1 heterocycles. The maximum absolute atomic E-state index is 12.2. The van der Waals surface area contributed by atoms with E-state index >= 15 is 0 Å². The number of carboxylic acid groups (broad SMARTS) is 1. The van der Waals surface area contributed by atoms with E-state index in [9.17, 15) is 9.59 Å². The monoisotopic (exact) mass is 242 g/mol. The number of amides is 1. The number of hydrogen-bond donors (Lipinski definition) is 2. The Morgan fingerprint density at radius 2 is 2.24 bits per heavy atom. The van der Waals surface area contributed by atoms with E-state index in [2.05, 4.69) is 19.2 Å². The Labute approximate surface area is 102 Å². The fourth-order valence-corrected chi connectivity index (χ4v) is 2.12. The lowest BCUT2D eigenvalue weighted by Crippen LogP contribution is -2.48. The topological polar surface area (TPSA) is 69.6 Å². The fourth-order valence-electron chi connectivity index (χ4n) is 2.12. The number of carbonyl (C=O) groups is 2. The molecule has 0 aliphatic carbocycles. The van der Waals surface area contributed by atoms with Gasteiger partial charge < -0.3 is 15.3 Å². The summed E-state index contributed by atoms with van der Waals surface area (Å²) >= 11 is 0. The summed E-state index contributed by atoms with van der Waals surface area (Å²) in [6.45, 7) is 7.53. The van der Waals surface area contributed by atoms with Gasteiger partial charge in [-0.15, -0.1) is 0 Å². The molecule has 1 rings (SSSR count). The van der Waals surface area contributed by atoms with E-state index in [1.54, 1.807) is 0 Å². The van der Waals surface area contributed by atoms with Crippen molar-refractivity contribution in [3.63, 3.8) is 0 Å². The first kappa shape index (κ1) is 14.0. The van der Waals surface area contributed by atoms with Crippen molar-refractivity contribution in [2.24, 2.45) is 5.92 Å². The molecule has 0 spiro atoms. The van der Waals surface area contributed by atoms with Gasteiger partial charge in [-0.25, -0.2) is 0 Å². The van der Waals surface area contributed by atoms with E-state index in [1.807, 2.05) is 11.8 Å². The Kier molecular flexibility index (Phi) is 4.93. The van der Waals surface area contributed by atoms with Gasteiger partial charge in [-0.2, -0.15) is 0 Å². The third kappa shape index (κ3) is 4.00. The Balaban J connectivity index is 2.76. The van der Waals surface area contributed by atoms with Gasteiger partial charge in [0.2, 0.25) is 5.91 Å². The SMILES string of the molecule is CC(C)CN1C(=O)C(CC(=O)O)NCCC1C. The zero-order chi connectivity index (χ0) is 13.0. The molecule has 98 valence electrons. The summed E-state index contributed by atoms with van der Waals surface area (Å²) in [5.74, 6) is -0.619. The Hall–Kier alpha value is -1.10. The van der Waals surface area contributed by atoms with Gasteiger partial charge in [-0.3, -0.25) is 9.59 Å². The summed E-state index contributed by atoms with van der Waals surface area (Å²) in [7, 11) is 0. The molecule has 1 aliphatic rings. The van der Waals surface area contributed by atoms with E-state index in [0.29, 0.717) is 19.0 Å². The predicted molar refractivity (Wildman–Crippen MR) is 64.7 cm³/mol. The molecule has 17 heavy (non-hydrogen) atoms. The van der Waals surface area contributed by atoms with Crippen LogP contribution >= 0.6 is 0 Å². The van der Waals surface area contributed by atoms with Crippen LogP contribution in [-0.4, -0.2) is 47.1 Å². The Bertz CT molecular complexity index is 291. The van der Waals surface area contributed by atoms with E-state index in [-0.39, 0.29) is 18.4 Å². The van der Waals surface area contributed by atoms with Crippen molar-refractivity contribution >= 4 is 11.9 Å². The maximum atomic E-state index is 12.2. The smallest absolute Gasteiger partial charge is 0.305 e. The van der Waals surface area contributed by atoms with E-state index in [4.69, 9.17) is 5.11 Å². The Morgan fingerprint density at radius 3 is 2.76 bits per heavy atom. The normalized spacial score (nSPS) is 26.1. The van der Waals surface area contributed by atoms with Crippen LogP contribution in [0.2, 0.25) is 0 Å². The molecule has 0 aromatic carbocycles. The van der Waals surface area contributed by atoms with Crippen molar-refractivity contribution < 1.29 is 14.7 Å². The molecule has 0 aromatic heterocycles. The lowest BCUT2D eigenvalue weighted by Gasteiger charge is -2.30. The lowest BCUT2D eigenvalue weighted by atomic mass is 10.1. The van der Waals surface area contributed by atoms with E-state index in [0.717, 1.165) is 6.42 Å². The summed E-state index contributed by atoms with van der Waals surface area (Å²) in [6.07, 6.45) is 0.731. The average molecular weight is 242 g/mol. The summed E-state index contributed by atoms with van der Waals surface area (Å²) < 4.78 is 0. The third-order valence-electron chi connectivity index (χ3n) is 3.01.